The van der Waals surface area contributed by atoms with Gasteiger partial charge in [-0.2, -0.15) is 0 Å². The molecule has 5 nitrogen and oxygen atoms in total. The number of halogens is 1. The minimum atomic E-state index is -3.57. The number of anilines is 1. The second-order valence-electron chi connectivity index (χ2n) is 5.51. The van der Waals surface area contributed by atoms with Crippen LogP contribution in [0.1, 0.15) is 25.7 Å². The highest BCUT2D eigenvalue weighted by molar-refractivity contribution is 7.92. The molecular formula is C15H21FN2O3S. The zero-order valence-corrected chi connectivity index (χ0v) is 13.5. The molecule has 0 radical (unpaired) electrons. The van der Waals surface area contributed by atoms with Crippen molar-refractivity contribution >= 4 is 21.6 Å². The highest BCUT2D eigenvalue weighted by Gasteiger charge is 2.22. The fraction of sp³-hybridized carbons (Fsp3) is 0.533. The van der Waals surface area contributed by atoms with Crippen LogP contribution in [0.5, 0.6) is 0 Å². The molecule has 0 saturated carbocycles. The lowest BCUT2D eigenvalue weighted by atomic mass is 10.1. The molecule has 0 bridgehead atoms. The first-order valence-corrected chi connectivity index (χ1v) is 9.24. The van der Waals surface area contributed by atoms with E-state index in [1.165, 1.54) is 18.2 Å². The summed E-state index contributed by atoms with van der Waals surface area (Å²) in [6, 6.07) is 5.39. The van der Waals surface area contributed by atoms with E-state index in [0.717, 1.165) is 49.0 Å². The van der Waals surface area contributed by atoms with Gasteiger partial charge in [-0.15, -0.1) is 0 Å². The molecule has 1 aromatic carbocycles. The van der Waals surface area contributed by atoms with Crippen molar-refractivity contribution in [3.63, 3.8) is 0 Å². The van der Waals surface area contributed by atoms with Crippen molar-refractivity contribution in [2.75, 3.05) is 30.2 Å². The molecule has 7 heteroatoms. The SMILES string of the molecule is CS(=O)(=O)N(CCC(=O)N1CCCCC1)c1cccc(F)c1. The third-order valence-electron chi connectivity index (χ3n) is 3.73. The summed E-state index contributed by atoms with van der Waals surface area (Å²) in [5.74, 6) is -0.557. The van der Waals surface area contributed by atoms with E-state index in [1.54, 1.807) is 4.90 Å². The third-order valence-corrected chi connectivity index (χ3v) is 4.93. The van der Waals surface area contributed by atoms with Gasteiger partial charge in [0.25, 0.3) is 0 Å². The number of hydrogen-bond donors (Lipinski definition) is 0. The first kappa shape index (κ1) is 16.7. The summed E-state index contributed by atoms with van der Waals surface area (Å²) in [5, 5.41) is 0. The highest BCUT2D eigenvalue weighted by atomic mass is 32.2. The quantitative estimate of drug-likeness (QED) is 0.830. The Morgan fingerprint density at radius 3 is 2.55 bits per heavy atom. The van der Waals surface area contributed by atoms with Gasteiger partial charge in [-0.1, -0.05) is 6.07 Å². The van der Waals surface area contributed by atoms with Crippen LogP contribution >= 0.6 is 0 Å². The molecule has 0 spiro atoms. The van der Waals surface area contributed by atoms with E-state index in [0.29, 0.717) is 0 Å². The van der Waals surface area contributed by atoms with Crippen LogP contribution in [0.2, 0.25) is 0 Å². The summed E-state index contributed by atoms with van der Waals surface area (Å²) in [7, 11) is -3.57. The van der Waals surface area contributed by atoms with E-state index >= 15 is 0 Å². The van der Waals surface area contributed by atoms with Crippen LogP contribution in [0.25, 0.3) is 0 Å². The summed E-state index contributed by atoms with van der Waals surface area (Å²) in [6.07, 6.45) is 4.27. The molecule has 1 saturated heterocycles. The minimum absolute atomic E-state index is 0.0254. The number of rotatable bonds is 5. The molecule has 0 aromatic heterocycles. The topological polar surface area (TPSA) is 57.7 Å². The molecule has 0 atom stereocenters. The maximum atomic E-state index is 13.3. The van der Waals surface area contributed by atoms with Crippen molar-refractivity contribution in [1.82, 2.24) is 4.90 Å². The summed E-state index contributed by atoms with van der Waals surface area (Å²) in [6.45, 7) is 1.49. The zero-order valence-electron chi connectivity index (χ0n) is 12.7. The first-order valence-electron chi connectivity index (χ1n) is 7.39. The Labute approximate surface area is 130 Å². The number of piperidine rings is 1. The molecule has 1 amide bonds. The van der Waals surface area contributed by atoms with Crippen molar-refractivity contribution < 1.29 is 17.6 Å². The van der Waals surface area contributed by atoms with Crippen molar-refractivity contribution in [3.8, 4) is 0 Å². The van der Waals surface area contributed by atoms with Gasteiger partial charge in [-0.25, -0.2) is 12.8 Å². The van der Waals surface area contributed by atoms with E-state index in [2.05, 4.69) is 0 Å². The first-order chi connectivity index (χ1) is 10.4. The molecule has 1 aromatic rings. The number of hydrogen-bond acceptors (Lipinski definition) is 3. The van der Waals surface area contributed by atoms with Crippen molar-refractivity contribution in [2.45, 2.75) is 25.7 Å². The molecule has 1 heterocycles. The molecule has 0 N–H and O–H groups in total. The summed E-state index contributed by atoms with van der Waals surface area (Å²) in [5.41, 5.74) is 0.244. The van der Waals surface area contributed by atoms with E-state index < -0.39 is 15.8 Å². The number of sulfonamides is 1. The van der Waals surface area contributed by atoms with E-state index in [4.69, 9.17) is 0 Å². The maximum absolute atomic E-state index is 13.3. The van der Waals surface area contributed by atoms with Crippen LogP contribution in [-0.4, -0.2) is 45.1 Å². The summed E-state index contributed by atoms with van der Waals surface area (Å²) in [4.78, 5) is 13.9. The third kappa shape index (κ3) is 4.43. The average Bonchev–Trinajstić information content (AvgIpc) is 2.47. The fourth-order valence-corrected chi connectivity index (χ4v) is 3.54. The van der Waals surface area contributed by atoms with Crippen LogP contribution in [0, 0.1) is 5.82 Å². The van der Waals surface area contributed by atoms with Crippen molar-refractivity contribution in [1.29, 1.82) is 0 Å². The lowest BCUT2D eigenvalue weighted by molar-refractivity contribution is -0.131. The Kier molecular flexibility index (Phi) is 5.39. The minimum Gasteiger partial charge on any atom is -0.343 e. The Hall–Kier alpha value is -1.63. The van der Waals surface area contributed by atoms with Gasteiger partial charge >= 0.3 is 0 Å². The van der Waals surface area contributed by atoms with Crippen LogP contribution in [0.4, 0.5) is 10.1 Å². The summed E-state index contributed by atoms with van der Waals surface area (Å²) < 4.78 is 38.2. The largest absolute Gasteiger partial charge is 0.343 e. The van der Waals surface area contributed by atoms with Gasteiger partial charge in [0.2, 0.25) is 15.9 Å². The monoisotopic (exact) mass is 328 g/mol. The lowest BCUT2D eigenvalue weighted by Crippen LogP contribution is -2.39. The Balaban J connectivity index is 2.06. The summed E-state index contributed by atoms with van der Waals surface area (Å²) >= 11 is 0. The van der Waals surface area contributed by atoms with E-state index in [1.807, 2.05) is 0 Å². The normalized spacial score (nSPS) is 15.6. The van der Waals surface area contributed by atoms with Crippen molar-refractivity contribution in [3.05, 3.63) is 30.1 Å². The molecule has 2 rings (SSSR count). The molecule has 0 aliphatic carbocycles. The predicted octanol–water partition coefficient (Wildman–Crippen LogP) is 1.99. The molecule has 0 unspecified atom stereocenters. The number of likely N-dealkylation sites (tertiary alicyclic amines) is 1. The van der Waals surface area contributed by atoms with Crippen LogP contribution in [0.15, 0.2) is 24.3 Å². The van der Waals surface area contributed by atoms with Crippen LogP contribution < -0.4 is 4.31 Å². The number of benzene rings is 1. The molecule has 1 aliphatic rings. The van der Waals surface area contributed by atoms with Gasteiger partial charge in [0.1, 0.15) is 5.82 Å². The predicted molar refractivity (Wildman–Crippen MR) is 83.6 cm³/mol. The Morgan fingerprint density at radius 2 is 1.95 bits per heavy atom. The second-order valence-corrected chi connectivity index (χ2v) is 7.41. The van der Waals surface area contributed by atoms with Crippen LogP contribution in [-0.2, 0) is 14.8 Å². The molecular weight excluding hydrogens is 307 g/mol. The van der Waals surface area contributed by atoms with E-state index in [-0.39, 0.29) is 24.6 Å². The molecule has 1 fully saturated rings. The van der Waals surface area contributed by atoms with Gasteiger partial charge in [0.05, 0.1) is 11.9 Å². The van der Waals surface area contributed by atoms with Gasteiger partial charge in [0, 0.05) is 26.1 Å². The molecule has 122 valence electrons. The number of amides is 1. The number of carbonyl (C=O) groups is 1. The zero-order chi connectivity index (χ0) is 16.2. The van der Waals surface area contributed by atoms with Gasteiger partial charge in [-0.3, -0.25) is 9.10 Å². The lowest BCUT2D eigenvalue weighted by Gasteiger charge is -2.28. The highest BCUT2D eigenvalue weighted by Crippen LogP contribution is 2.19. The smallest absolute Gasteiger partial charge is 0.232 e. The maximum Gasteiger partial charge on any atom is 0.232 e. The van der Waals surface area contributed by atoms with Gasteiger partial charge in [0.15, 0.2) is 0 Å². The van der Waals surface area contributed by atoms with Crippen LogP contribution in [0.3, 0.4) is 0 Å². The number of nitrogens with zero attached hydrogens (tertiary/aromatic N) is 2. The average molecular weight is 328 g/mol. The van der Waals surface area contributed by atoms with Crippen molar-refractivity contribution in [2.24, 2.45) is 0 Å². The van der Waals surface area contributed by atoms with Gasteiger partial charge in [-0.05, 0) is 37.5 Å². The molecule has 1 aliphatic heterocycles. The standard InChI is InChI=1S/C15H21FN2O3S/c1-22(20,21)18(14-7-5-6-13(16)12-14)11-8-15(19)17-9-3-2-4-10-17/h5-7,12H,2-4,8-11H2,1H3. The van der Waals surface area contributed by atoms with Gasteiger partial charge < -0.3 is 4.90 Å². The Morgan fingerprint density at radius 1 is 1.27 bits per heavy atom. The molecule has 22 heavy (non-hydrogen) atoms. The van der Waals surface area contributed by atoms with E-state index in [9.17, 15) is 17.6 Å². The Bertz CT molecular complexity index is 627. The second kappa shape index (κ2) is 7.09. The fourth-order valence-electron chi connectivity index (χ4n) is 2.62. The number of carbonyl (C=O) groups excluding carboxylic acids is 1.